The van der Waals surface area contributed by atoms with Crippen LogP contribution in [0.4, 0.5) is 5.69 Å². The maximum Gasteiger partial charge on any atom is 0.123 e. The second kappa shape index (κ2) is 8.09. The van der Waals surface area contributed by atoms with Crippen LogP contribution in [0.2, 0.25) is 5.02 Å². The molecule has 0 radical (unpaired) electrons. The summed E-state index contributed by atoms with van der Waals surface area (Å²) in [6, 6.07) is 16.0. The molecule has 2 nitrogen and oxygen atoms in total. The van der Waals surface area contributed by atoms with Crippen molar-refractivity contribution in [2.24, 2.45) is 0 Å². The standard InChI is InChI=1S/C19H24ClNO/c1-4-14(2)18-7-5-6-8-19(18)22-15(3)13-21-17-11-9-16(20)10-12-17/h5-12,14-15,21H,4,13H2,1-3H3. The average molecular weight is 318 g/mol. The molecule has 22 heavy (non-hydrogen) atoms. The van der Waals surface area contributed by atoms with E-state index in [9.17, 15) is 0 Å². The van der Waals surface area contributed by atoms with Gasteiger partial charge in [-0.1, -0.05) is 43.6 Å². The molecular formula is C19H24ClNO. The van der Waals surface area contributed by atoms with Crippen molar-refractivity contribution >= 4 is 17.3 Å². The molecule has 2 unspecified atom stereocenters. The summed E-state index contributed by atoms with van der Waals surface area (Å²) in [4.78, 5) is 0. The Morgan fingerprint density at radius 2 is 1.73 bits per heavy atom. The highest BCUT2D eigenvalue weighted by molar-refractivity contribution is 6.30. The van der Waals surface area contributed by atoms with Crippen molar-refractivity contribution < 1.29 is 4.74 Å². The molecule has 118 valence electrons. The van der Waals surface area contributed by atoms with Crippen LogP contribution in [0.25, 0.3) is 0 Å². The van der Waals surface area contributed by atoms with E-state index in [1.807, 2.05) is 30.3 Å². The number of rotatable bonds is 7. The van der Waals surface area contributed by atoms with Crippen LogP contribution >= 0.6 is 11.6 Å². The van der Waals surface area contributed by atoms with E-state index in [0.29, 0.717) is 5.92 Å². The molecule has 1 N–H and O–H groups in total. The zero-order chi connectivity index (χ0) is 15.9. The molecule has 0 aliphatic carbocycles. The summed E-state index contributed by atoms with van der Waals surface area (Å²) < 4.78 is 6.13. The van der Waals surface area contributed by atoms with Crippen molar-refractivity contribution in [1.82, 2.24) is 0 Å². The Kier molecular flexibility index (Phi) is 6.14. The van der Waals surface area contributed by atoms with Crippen molar-refractivity contribution in [2.45, 2.75) is 39.2 Å². The maximum atomic E-state index is 6.13. The average Bonchev–Trinajstić information content (AvgIpc) is 2.54. The molecule has 0 saturated carbocycles. The van der Waals surface area contributed by atoms with Crippen LogP contribution in [0.1, 0.15) is 38.7 Å². The first-order valence-corrected chi connectivity index (χ1v) is 8.23. The maximum absolute atomic E-state index is 6.13. The molecule has 0 aromatic heterocycles. The van der Waals surface area contributed by atoms with E-state index in [-0.39, 0.29) is 6.10 Å². The highest BCUT2D eigenvalue weighted by atomic mass is 35.5. The van der Waals surface area contributed by atoms with Crippen LogP contribution in [0.5, 0.6) is 5.75 Å². The van der Waals surface area contributed by atoms with Gasteiger partial charge in [-0.3, -0.25) is 0 Å². The Morgan fingerprint density at radius 3 is 2.41 bits per heavy atom. The lowest BCUT2D eigenvalue weighted by Crippen LogP contribution is -2.23. The minimum atomic E-state index is 0.0842. The third-order valence-electron chi connectivity index (χ3n) is 3.83. The Morgan fingerprint density at radius 1 is 1.05 bits per heavy atom. The van der Waals surface area contributed by atoms with Crippen molar-refractivity contribution in [2.75, 3.05) is 11.9 Å². The fraction of sp³-hybridized carbons (Fsp3) is 0.368. The predicted octanol–water partition coefficient (Wildman–Crippen LogP) is 5.73. The molecule has 2 atom stereocenters. The van der Waals surface area contributed by atoms with Gasteiger partial charge in [0.25, 0.3) is 0 Å². The van der Waals surface area contributed by atoms with E-state index in [1.54, 1.807) is 0 Å². The second-order valence-electron chi connectivity index (χ2n) is 5.66. The summed E-state index contributed by atoms with van der Waals surface area (Å²) >= 11 is 5.89. The number of hydrogen-bond donors (Lipinski definition) is 1. The van der Waals surface area contributed by atoms with E-state index in [2.05, 4.69) is 44.3 Å². The van der Waals surface area contributed by atoms with E-state index >= 15 is 0 Å². The Balaban J connectivity index is 1.94. The monoisotopic (exact) mass is 317 g/mol. The summed E-state index contributed by atoms with van der Waals surface area (Å²) in [5.41, 5.74) is 2.33. The summed E-state index contributed by atoms with van der Waals surface area (Å²) in [7, 11) is 0. The molecule has 0 saturated heterocycles. The summed E-state index contributed by atoms with van der Waals surface area (Å²) in [5, 5.41) is 4.12. The molecule has 0 amide bonds. The van der Waals surface area contributed by atoms with Crippen molar-refractivity contribution in [1.29, 1.82) is 0 Å². The number of benzene rings is 2. The molecule has 2 aromatic rings. The van der Waals surface area contributed by atoms with Gasteiger partial charge in [0, 0.05) is 10.7 Å². The quantitative estimate of drug-likeness (QED) is 0.703. The van der Waals surface area contributed by atoms with Crippen LogP contribution in [-0.4, -0.2) is 12.6 Å². The minimum absolute atomic E-state index is 0.0842. The molecule has 0 fully saturated rings. The zero-order valence-corrected chi connectivity index (χ0v) is 14.2. The van der Waals surface area contributed by atoms with Crippen LogP contribution < -0.4 is 10.1 Å². The van der Waals surface area contributed by atoms with Crippen LogP contribution in [0, 0.1) is 0 Å². The molecule has 2 rings (SSSR count). The first-order valence-electron chi connectivity index (χ1n) is 7.85. The molecule has 0 heterocycles. The van der Waals surface area contributed by atoms with Crippen LogP contribution in [0.3, 0.4) is 0 Å². The van der Waals surface area contributed by atoms with Gasteiger partial charge < -0.3 is 10.1 Å². The lowest BCUT2D eigenvalue weighted by Gasteiger charge is -2.20. The van der Waals surface area contributed by atoms with Crippen molar-refractivity contribution in [3.05, 3.63) is 59.1 Å². The fourth-order valence-corrected chi connectivity index (χ4v) is 2.43. The normalized spacial score (nSPS) is 13.5. The summed E-state index contributed by atoms with van der Waals surface area (Å²) in [5.74, 6) is 1.50. The Bertz CT molecular complexity index is 582. The first-order chi connectivity index (χ1) is 10.6. The van der Waals surface area contributed by atoms with Gasteiger partial charge >= 0.3 is 0 Å². The zero-order valence-electron chi connectivity index (χ0n) is 13.5. The number of anilines is 1. The summed E-state index contributed by atoms with van der Waals surface area (Å²) in [6.07, 6.45) is 1.19. The van der Waals surface area contributed by atoms with Gasteiger partial charge in [-0.2, -0.15) is 0 Å². The van der Waals surface area contributed by atoms with Gasteiger partial charge in [0.2, 0.25) is 0 Å². The second-order valence-corrected chi connectivity index (χ2v) is 6.10. The number of ether oxygens (including phenoxy) is 1. The minimum Gasteiger partial charge on any atom is -0.489 e. The molecule has 0 bridgehead atoms. The number of hydrogen-bond acceptors (Lipinski definition) is 2. The predicted molar refractivity (Wildman–Crippen MR) is 95.2 cm³/mol. The molecule has 3 heteroatoms. The molecular weight excluding hydrogens is 294 g/mol. The van der Waals surface area contributed by atoms with E-state index in [4.69, 9.17) is 16.3 Å². The SMILES string of the molecule is CCC(C)c1ccccc1OC(C)CNc1ccc(Cl)cc1. The third kappa shape index (κ3) is 4.67. The smallest absolute Gasteiger partial charge is 0.123 e. The lowest BCUT2D eigenvalue weighted by molar-refractivity contribution is 0.231. The first kappa shape index (κ1) is 16.7. The topological polar surface area (TPSA) is 21.3 Å². The highest BCUT2D eigenvalue weighted by Crippen LogP contribution is 2.29. The lowest BCUT2D eigenvalue weighted by atomic mass is 9.98. The van der Waals surface area contributed by atoms with Gasteiger partial charge in [-0.05, 0) is 55.2 Å². The Labute approximate surface area is 138 Å². The van der Waals surface area contributed by atoms with Gasteiger partial charge in [0.1, 0.15) is 11.9 Å². The molecule has 0 spiro atoms. The highest BCUT2D eigenvalue weighted by Gasteiger charge is 2.12. The van der Waals surface area contributed by atoms with Crippen molar-refractivity contribution in [3.63, 3.8) is 0 Å². The molecule has 2 aromatic carbocycles. The number of para-hydroxylation sites is 1. The number of nitrogens with one attached hydrogen (secondary N) is 1. The fourth-order valence-electron chi connectivity index (χ4n) is 2.30. The van der Waals surface area contributed by atoms with Gasteiger partial charge in [0.15, 0.2) is 0 Å². The Hall–Kier alpha value is -1.67. The van der Waals surface area contributed by atoms with Gasteiger partial charge in [-0.15, -0.1) is 0 Å². The van der Waals surface area contributed by atoms with E-state index in [1.165, 1.54) is 5.56 Å². The van der Waals surface area contributed by atoms with Gasteiger partial charge in [-0.25, -0.2) is 0 Å². The number of halogens is 1. The van der Waals surface area contributed by atoms with E-state index < -0.39 is 0 Å². The molecule has 0 aliphatic rings. The van der Waals surface area contributed by atoms with Gasteiger partial charge in [0.05, 0.1) is 6.54 Å². The van der Waals surface area contributed by atoms with E-state index in [0.717, 1.165) is 29.4 Å². The van der Waals surface area contributed by atoms with Crippen molar-refractivity contribution in [3.8, 4) is 5.75 Å². The third-order valence-corrected chi connectivity index (χ3v) is 4.08. The summed E-state index contributed by atoms with van der Waals surface area (Å²) in [6.45, 7) is 7.26. The van der Waals surface area contributed by atoms with Crippen LogP contribution in [0.15, 0.2) is 48.5 Å². The van der Waals surface area contributed by atoms with Crippen LogP contribution in [-0.2, 0) is 0 Å². The molecule has 0 aliphatic heterocycles. The largest absolute Gasteiger partial charge is 0.489 e.